The van der Waals surface area contributed by atoms with Crippen molar-refractivity contribution in [3.63, 3.8) is 0 Å². The number of carboxylic acids is 1. The summed E-state index contributed by atoms with van der Waals surface area (Å²) < 4.78 is 61.0. The lowest BCUT2D eigenvalue weighted by molar-refractivity contribution is -0.274. The van der Waals surface area contributed by atoms with Crippen LogP contribution in [0, 0.1) is 0 Å². The van der Waals surface area contributed by atoms with Gasteiger partial charge in [0.25, 0.3) is 0 Å². The number of fused-ring (bicyclic) bond motifs is 3. The van der Waals surface area contributed by atoms with Crippen molar-refractivity contribution < 1.29 is 41.5 Å². The van der Waals surface area contributed by atoms with Crippen LogP contribution in [0.25, 0.3) is 22.2 Å². The van der Waals surface area contributed by atoms with Crippen LogP contribution in [-0.4, -0.2) is 34.7 Å². The average molecular weight is 567 g/mol. The maximum atomic E-state index is 13.1. The number of alkyl halides is 3. The monoisotopic (exact) mass is 566 g/mol. The van der Waals surface area contributed by atoms with E-state index in [4.69, 9.17) is 13.7 Å². The number of para-hydroxylation sites is 1. The number of anilines is 1. The molecule has 2 aromatic heterocycles. The van der Waals surface area contributed by atoms with E-state index >= 15 is 0 Å². The van der Waals surface area contributed by atoms with Gasteiger partial charge in [0.2, 0.25) is 5.76 Å². The van der Waals surface area contributed by atoms with Gasteiger partial charge >= 0.3 is 12.3 Å². The molecule has 41 heavy (non-hydrogen) atoms. The second-order valence-corrected chi connectivity index (χ2v) is 10.7. The highest BCUT2D eigenvalue weighted by Crippen LogP contribution is 2.46. The first-order valence-electron chi connectivity index (χ1n) is 13.5. The van der Waals surface area contributed by atoms with Crippen LogP contribution >= 0.6 is 0 Å². The van der Waals surface area contributed by atoms with Crippen molar-refractivity contribution in [3.8, 4) is 17.0 Å². The predicted molar refractivity (Wildman–Crippen MR) is 141 cm³/mol. The van der Waals surface area contributed by atoms with Gasteiger partial charge in [-0.2, -0.15) is 0 Å². The fourth-order valence-electron chi connectivity index (χ4n) is 5.97. The third-order valence-electron chi connectivity index (χ3n) is 7.91. The van der Waals surface area contributed by atoms with E-state index in [0.29, 0.717) is 29.0 Å². The maximum absolute atomic E-state index is 13.1. The molecule has 0 radical (unpaired) electrons. The number of aromatic nitrogens is 1. The van der Waals surface area contributed by atoms with Crippen LogP contribution < -0.4 is 9.64 Å². The average Bonchev–Trinajstić information content (AvgIpc) is 3.44. The highest BCUT2D eigenvalue weighted by molar-refractivity contribution is 5.92. The first-order chi connectivity index (χ1) is 19.7. The Morgan fingerprint density at radius 1 is 1.10 bits per heavy atom. The van der Waals surface area contributed by atoms with E-state index in [-0.39, 0.29) is 41.7 Å². The number of carbonyl (C=O) groups is 1. The van der Waals surface area contributed by atoms with Crippen molar-refractivity contribution in [2.24, 2.45) is 0 Å². The lowest BCUT2D eigenvalue weighted by atomic mass is 10.0. The van der Waals surface area contributed by atoms with Crippen LogP contribution in [0.5, 0.6) is 5.75 Å². The van der Waals surface area contributed by atoms with Crippen LogP contribution in [0.1, 0.15) is 59.9 Å². The Morgan fingerprint density at radius 3 is 2.68 bits per heavy atom. The molecule has 1 saturated heterocycles. The second kappa shape index (κ2) is 9.60. The van der Waals surface area contributed by atoms with Gasteiger partial charge in [0.05, 0.1) is 17.4 Å². The zero-order valence-electron chi connectivity index (χ0n) is 21.7. The molecule has 2 atom stereocenters. The second-order valence-electron chi connectivity index (χ2n) is 10.7. The SMILES string of the molecule is O=C(O)c1cc2ccc(N3C4CC[C@H]3C=C(OCc3c(-c5ccccc5OC(F)(F)F)noc3C3CC3)C4)cc2o1. The van der Waals surface area contributed by atoms with Crippen molar-refractivity contribution in [2.45, 2.75) is 63.1 Å². The highest BCUT2D eigenvalue weighted by Gasteiger charge is 2.39. The number of rotatable bonds is 8. The number of hydrogen-bond acceptors (Lipinski definition) is 7. The summed E-state index contributed by atoms with van der Waals surface area (Å²) in [6.07, 6.45) is 1.65. The first-order valence-corrected chi connectivity index (χ1v) is 13.5. The Morgan fingerprint density at radius 2 is 1.93 bits per heavy atom. The molecule has 1 aliphatic carbocycles. The Balaban J connectivity index is 1.13. The van der Waals surface area contributed by atoms with Crippen LogP contribution in [-0.2, 0) is 11.3 Å². The van der Waals surface area contributed by atoms with E-state index in [1.807, 2.05) is 18.2 Å². The number of carboxylic acid groups (broad SMARTS) is 1. The molecule has 11 heteroatoms. The summed E-state index contributed by atoms with van der Waals surface area (Å²) in [5.74, 6) is 0.0931. The molecule has 1 N–H and O–H groups in total. The van der Waals surface area contributed by atoms with Crippen molar-refractivity contribution in [1.82, 2.24) is 5.16 Å². The summed E-state index contributed by atoms with van der Waals surface area (Å²) in [7, 11) is 0. The summed E-state index contributed by atoms with van der Waals surface area (Å²) in [6.45, 7) is 0.118. The topological polar surface area (TPSA) is 98.2 Å². The summed E-state index contributed by atoms with van der Waals surface area (Å²) in [5, 5.41) is 14.1. The molecule has 4 aromatic rings. The van der Waals surface area contributed by atoms with Gasteiger partial charge in [0, 0.05) is 41.1 Å². The quantitative estimate of drug-likeness (QED) is 0.236. The van der Waals surface area contributed by atoms with E-state index in [2.05, 4.69) is 20.9 Å². The van der Waals surface area contributed by atoms with E-state index in [0.717, 1.165) is 42.5 Å². The van der Waals surface area contributed by atoms with Gasteiger partial charge in [0.15, 0.2) is 0 Å². The lowest BCUT2D eigenvalue weighted by Gasteiger charge is -2.35. The molecule has 8 nitrogen and oxygen atoms in total. The standard InChI is InChI=1S/C30H25F3N2O6/c31-30(32,33)40-24-4-2-1-3-22(24)27-23(28(41-34-27)16-5-6-16)15-38-21-12-18-9-10-19(13-21)35(18)20-8-7-17-11-26(29(36)37)39-25(17)14-20/h1-4,7-8,11-12,14,16,18-19H,5-6,9-10,13,15H2,(H,36,37)/t18-,19?/m0/s1. The van der Waals surface area contributed by atoms with E-state index in [9.17, 15) is 23.1 Å². The van der Waals surface area contributed by atoms with Gasteiger partial charge in [-0.25, -0.2) is 4.79 Å². The molecule has 0 spiro atoms. The van der Waals surface area contributed by atoms with Crippen molar-refractivity contribution in [2.75, 3.05) is 4.90 Å². The van der Waals surface area contributed by atoms with Crippen molar-refractivity contribution in [1.29, 1.82) is 0 Å². The number of nitrogens with zero attached hydrogens (tertiary/aromatic N) is 2. The number of furan rings is 1. The highest BCUT2D eigenvalue weighted by atomic mass is 19.4. The Hall–Kier alpha value is -4.41. The third kappa shape index (κ3) is 4.89. The molecule has 2 fully saturated rings. The molecule has 1 unspecified atom stereocenters. The summed E-state index contributed by atoms with van der Waals surface area (Å²) in [5.41, 5.74) is 2.60. The van der Waals surface area contributed by atoms with Gasteiger partial charge in [-0.3, -0.25) is 0 Å². The van der Waals surface area contributed by atoms with Gasteiger partial charge in [-0.1, -0.05) is 17.3 Å². The van der Waals surface area contributed by atoms with Gasteiger partial charge in [-0.05, 0) is 62.1 Å². The third-order valence-corrected chi connectivity index (χ3v) is 7.91. The molecular weight excluding hydrogens is 541 g/mol. The summed E-state index contributed by atoms with van der Waals surface area (Å²) in [4.78, 5) is 13.6. The molecule has 212 valence electrons. The molecule has 4 heterocycles. The van der Waals surface area contributed by atoms with Gasteiger partial charge < -0.3 is 28.4 Å². The summed E-state index contributed by atoms with van der Waals surface area (Å²) >= 11 is 0. The number of hydrogen-bond donors (Lipinski definition) is 1. The molecule has 2 aliphatic heterocycles. The zero-order chi connectivity index (χ0) is 28.3. The molecule has 1 saturated carbocycles. The van der Waals surface area contributed by atoms with E-state index in [1.54, 1.807) is 6.07 Å². The van der Waals surface area contributed by atoms with Crippen molar-refractivity contribution in [3.05, 3.63) is 77.5 Å². The Labute approximate surface area is 231 Å². The number of aromatic carboxylic acids is 1. The minimum Gasteiger partial charge on any atom is -0.493 e. The normalized spacial score (nSPS) is 20.4. The first kappa shape index (κ1) is 25.6. The van der Waals surface area contributed by atoms with Crippen LogP contribution in [0.4, 0.5) is 18.9 Å². The smallest absolute Gasteiger partial charge is 0.493 e. The molecule has 7 rings (SSSR count). The van der Waals surface area contributed by atoms with Crippen molar-refractivity contribution >= 4 is 22.6 Å². The summed E-state index contributed by atoms with van der Waals surface area (Å²) in [6, 6.07) is 13.4. The number of ether oxygens (including phenoxy) is 2. The van der Waals surface area contributed by atoms with Crippen LogP contribution in [0.15, 0.2) is 69.3 Å². The van der Waals surface area contributed by atoms with E-state index < -0.39 is 12.3 Å². The molecule has 2 aromatic carbocycles. The molecule has 2 bridgehead atoms. The Bertz CT molecular complexity index is 1670. The minimum atomic E-state index is -4.84. The fourth-order valence-corrected chi connectivity index (χ4v) is 5.97. The fraction of sp³-hybridized carbons (Fsp3) is 0.333. The van der Waals surface area contributed by atoms with Gasteiger partial charge in [0.1, 0.15) is 29.4 Å². The molecular formula is C30H25F3N2O6. The lowest BCUT2D eigenvalue weighted by Crippen LogP contribution is -2.38. The number of halogens is 3. The minimum absolute atomic E-state index is 0.0841. The van der Waals surface area contributed by atoms with Crippen LogP contribution in [0.2, 0.25) is 0 Å². The zero-order valence-corrected chi connectivity index (χ0v) is 21.7. The van der Waals surface area contributed by atoms with Gasteiger partial charge in [-0.15, -0.1) is 13.2 Å². The molecule has 3 aliphatic rings. The molecule has 0 amide bonds. The van der Waals surface area contributed by atoms with Crippen LogP contribution in [0.3, 0.4) is 0 Å². The van der Waals surface area contributed by atoms with E-state index in [1.165, 1.54) is 24.3 Å². The maximum Gasteiger partial charge on any atom is 0.573 e. The largest absolute Gasteiger partial charge is 0.573 e. The number of benzene rings is 2. The predicted octanol–water partition coefficient (Wildman–Crippen LogP) is 7.40. The Kier molecular flexibility index (Phi) is 5.98.